The monoisotopic (exact) mass is 488 g/mol. The second kappa shape index (κ2) is 10.5. The number of rotatable bonds is 10. The molecule has 1 atom stereocenters. The quantitative estimate of drug-likeness (QED) is 0.426. The first kappa shape index (κ1) is 24.1. The van der Waals surface area contributed by atoms with Gasteiger partial charge in [-0.05, 0) is 37.1 Å². The van der Waals surface area contributed by atoms with Crippen molar-refractivity contribution in [3.8, 4) is 28.6 Å². The van der Waals surface area contributed by atoms with Crippen molar-refractivity contribution >= 4 is 10.0 Å². The molecule has 1 fully saturated rings. The Labute approximate surface area is 199 Å². The van der Waals surface area contributed by atoms with E-state index in [0.29, 0.717) is 40.9 Å². The van der Waals surface area contributed by atoms with Crippen LogP contribution in [0.1, 0.15) is 18.5 Å². The molecule has 1 saturated heterocycles. The zero-order valence-electron chi connectivity index (χ0n) is 19.4. The summed E-state index contributed by atoms with van der Waals surface area (Å²) in [5, 5.41) is 4.13. The van der Waals surface area contributed by atoms with Crippen LogP contribution in [-0.2, 0) is 21.3 Å². The summed E-state index contributed by atoms with van der Waals surface area (Å²) in [6, 6.07) is 13.6. The first-order chi connectivity index (χ1) is 16.5. The van der Waals surface area contributed by atoms with Crippen molar-refractivity contribution in [2.45, 2.75) is 30.4 Å². The van der Waals surface area contributed by atoms with Gasteiger partial charge in [-0.15, -0.1) is 0 Å². The maximum Gasteiger partial charge on any atom is 0.243 e. The lowest BCUT2D eigenvalue weighted by Gasteiger charge is -2.24. The number of methoxy groups -OCH3 is 3. The molecule has 0 spiro atoms. The van der Waals surface area contributed by atoms with E-state index in [2.05, 4.69) is 5.16 Å². The molecule has 4 rings (SSSR count). The Morgan fingerprint density at radius 3 is 2.32 bits per heavy atom. The normalized spacial score (nSPS) is 16.1. The Morgan fingerprint density at radius 2 is 1.74 bits per heavy atom. The van der Waals surface area contributed by atoms with Gasteiger partial charge in [-0.2, -0.15) is 4.31 Å². The Morgan fingerprint density at radius 1 is 1.03 bits per heavy atom. The molecule has 0 unspecified atom stereocenters. The predicted molar refractivity (Wildman–Crippen MR) is 125 cm³/mol. The van der Waals surface area contributed by atoms with Crippen molar-refractivity contribution in [2.75, 3.05) is 34.5 Å². The minimum atomic E-state index is -3.76. The molecule has 0 saturated carbocycles. The van der Waals surface area contributed by atoms with Gasteiger partial charge in [0.2, 0.25) is 15.8 Å². The molecule has 182 valence electrons. The molecule has 10 heteroatoms. The maximum absolute atomic E-state index is 13.4. The van der Waals surface area contributed by atoms with E-state index in [1.54, 1.807) is 48.5 Å². The number of nitrogens with zero attached hydrogens (tertiary/aromatic N) is 2. The number of benzene rings is 2. The zero-order valence-corrected chi connectivity index (χ0v) is 20.2. The van der Waals surface area contributed by atoms with Crippen LogP contribution >= 0.6 is 0 Å². The highest BCUT2D eigenvalue weighted by Gasteiger charge is 2.30. The number of aromatic nitrogens is 1. The van der Waals surface area contributed by atoms with Gasteiger partial charge in [-0.25, -0.2) is 8.42 Å². The Kier molecular flexibility index (Phi) is 7.40. The smallest absolute Gasteiger partial charge is 0.243 e. The van der Waals surface area contributed by atoms with Crippen molar-refractivity contribution in [3.05, 3.63) is 54.2 Å². The van der Waals surface area contributed by atoms with Crippen LogP contribution in [0.15, 0.2) is 57.9 Å². The summed E-state index contributed by atoms with van der Waals surface area (Å²) in [5.41, 5.74) is 1.13. The van der Waals surface area contributed by atoms with Crippen LogP contribution < -0.4 is 14.2 Å². The van der Waals surface area contributed by atoms with Gasteiger partial charge in [-0.1, -0.05) is 23.4 Å². The van der Waals surface area contributed by atoms with Gasteiger partial charge in [0.05, 0.1) is 44.6 Å². The second-order valence-corrected chi connectivity index (χ2v) is 9.78. The van der Waals surface area contributed by atoms with Crippen molar-refractivity contribution in [1.29, 1.82) is 0 Å². The summed E-state index contributed by atoms with van der Waals surface area (Å²) in [6.45, 7) is 0.924. The standard InChI is InChI=1S/C24H28N2O7S/c1-29-22-12-17(13-23(30-2)24(22)31-3)21-14-18(25-33-21)15-26(16-19-8-7-11-32-19)34(27,28)20-9-5-4-6-10-20/h4-6,9-10,12-14,19H,7-8,11,15-16H2,1-3H3/t19-/m0/s1. The lowest BCUT2D eigenvalue weighted by atomic mass is 10.1. The van der Waals surface area contributed by atoms with Crippen LogP contribution in [0.3, 0.4) is 0 Å². The van der Waals surface area contributed by atoms with Gasteiger partial charge in [0.1, 0.15) is 0 Å². The molecule has 0 radical (unpaired) electrons. The van der Waals surface area contributed by atoms with Crippen LogP contribution in [0.5, 0.6) is 17.2 Å². The average Bonchev–Trinajstić information content (AvgIpc) is 3.55. The molecular weight excluding hydrogens is 460 g/mol. The van der Waals surface area contributed by atoms with E-state index in [0.717, 1.165) is 12.8 Å². The van der Waals surface area contributed by atoms with Crippen LogP contribution in [-0.4, -0.2) is 58.5 Å². The lowest BCUT2D eigenvalue weighted by molar-refractivity contribution is 0.0922. The highest BCUT2D eigenvalue weighted by Crippen LogP contribution is 2.41. The summed E-state index contributed by atoms with van der Waals surface area (Å²) in [6.07, 6.45) is 1.58. The Bertz CT molecular complexity index is 1180. The molecule has 0 N–H and O–H groups in total. The van der Waals surface area contributed by atoms with Crippen molar-refractivity contribution in [3.63, 3.8) is 0 Å². The van der Waals surface area contributed by atoms with E-state index < -0.39 is 10.0 Å². The van der Waals surface area contributed by atoms with Crippen molar-refractivity contribution < 1.29 is 31.9 Å². The fourth-order valence-electron chi connectivity index (χ4n) is 3.93. The van der Waals surface area contributed by atoms with Gasteiger partial charge in [0, 0.05) is 24.8 Å². The van der Waals surface area contributed by atoms with Gasteiger partial charge < -0.3 is 23.5 Å². The molecular formula is C24H28N2O7S. The first-order valence-corrected chi connectivity index (χ1v) is 12.3. The van der Waals surface area contributed by atoms with E-state index in [-0.39, 0.29) is 24.1 Å². The van der Waals surface area contributed by atoms with Crippen LogP contribution in [0.25, 0.3) is 11.3 Å². The van der Waals surface area contributed by atoms with Crippen LogP contribution in [0.4, 0.5) is 0 Å². The second-order valence-electron chi connectivity index (χ2n) is 7.84. The third kappa shape index (κ3) is 5.03. The third-order valence-electron chi connectivity index (χ3n) is 5.66. The molecule has 34 heavy (non-hydrogen) atoms. The van der Waals surface area contributed by atoms with E-state index in [9.17, 15) is 8.42 Å². The van der Waals surface area contributed by atoms with Crippen LogP contribution in [0, 0.1) is 0 Å². The molecule has 1 aromatic heterocycles. The molecule has 0 aliphatic carbocycles. The Hall–Kier alpha value is -3.08. The fourth-order valence-corrected chi connectivity index (χ4v) is 5.40. The van der Waals surface area contributed by atoms with Gasteiger partial charge in [0.15, 0.2) is 17.3 Å². The SMILES string of the molecule is COc1cc(-c2cc(CN(C[C@@H]3CCCO3)S(=O)(=O)c3ccccc3)no2)cc(OC)c1OC. The van der Waals surface area contributed by atoms with E-state index >= 15 is 0 Å². The lowest BCUT2D eigenvalue weighted by Crippen LogP contribution is -2.37. The first-order valence-electron chi connectivity index (χ1n) is 10.9. The highest BCUT2D eigenvalue weighted by atomic mass is 32.2. The van der Waals surface area contributed by atoms with Gasteiger partial charge in [0.25, 0.3) is 0 Å². The summed E-state index contributed by atoms with van der Waals surface area (Å²) in [5.74, 6) is 1.86. The summed E-state index contributed by atoms with van der Waals surface area (Å²) in [4.78, 5) is 0.223. The molecule has 3 aromatic rings. The fraction of sp³-hybridized carbons (Fsp3) is 0.375. The minimum absolute atomic E-state index is 0.0466. The van der Waals surface area contributed by atoms with E-state index in [1.807, 2.05) is 0 Å². The maximum atomic E-state index is 13.4. The van der Waals surface area contributed by atoms with Gasteiger partial charge >= 0.3 is 0 Å². The number of hydrogen-bond acceptors (Lipinski definition) is 8. The summed E-state index contributed by atoms with van der Waals surface area (Å²) >= 11 is 0. The molecule has 9 nitrogen and oxygen atoms in total. The molecule has 1 aliphatic heterocycles. The number of sulfonamides is 1. The molecule has 2 aromatic carbocycles. The predicted octanol–water partition coefficient (Wildman–Crippen LogP) is 3.74. The summed E-state index contributed by atoms with van der Waals surface area (Å²) in [7, 11) is 0.837. The number of hydrogen-bond donors (Lipinski definition) is 0. The van der Waals surface area contributed by atoms with E-state index in [4.69, 9.17) is 23.5 Å². The average molecular weight is 489 g/mol. The van der Waals surface area contributed by atoms with E-state index in [1.165, 1.54) is 25.6 Å². The third-order valence-corrected chi connectivity index (χ3v) is 7.48. The van der Waals surface area contributed by atoms with Crippen LogP contribution in [0.2, 0.25) is 0 Å². The van der Waals surface area contributed by atoms with Crippen molar-refractivity contribution in [2.24, 2.45) is 0 Å². The summed E-state index contributed by atoms with van der Waals surface area (Å²) < 4.78 is 55.7. The molecule has 0 bridgehead atoms. The Balaban J connectivity index is 1.63. The highest BCUT2D eigenvalue weighted by molar-refractivity contribution is 7.89. The topological polar surface area (TPSA) is 100 Å². The zero-order chi connectivity index (χ0) is 24.1. The molecule has 2 heterocycles. The minimum Gasteiger partial charge on any atom is -0.493 e. The van der Waals surface area contributed by atoms with Gasteiger partial charge in [-0.3, -0.25) is 0 Å². The molecule has 0 amide bonds. The number of ether oxygens (including phenoxy) is 4. The molecule has 1 aliphatic rings. The van der Waals surface area contributed by atoms with Crippen molar-refractivity contribution in [1.82, 2.24) is 9.46 Å². The largest absolute Gasteiger partial charge is 0.493 e.